The van der Waals surface area contributed by atoms with Crippen LogP contribution in [-0.4, -0.2) is 13.6 Å². The Kier molecular flexibility index (Phi) is 2.86. The number of fused-ring (bicyclic) bond motifs is 1. The van der Waals surface area contributed by atoms with E-state index in [2.05, 4.69) is 0 Å². The van der Waals surface area contributed by atoms with Gasteiger partial charge in [0.2, 0.25) is 0 Å². The Bertz CT molecular complexity index is 668. The van der Waals surface area contributed by atoms with Gasteiger partial charge in [-0.3, -0.25) is 4.79 Å². The van der Waals surface area contributed by atoms with Crippen molar-refractivity contribution < 1.29 is 4.79 Å². The standard InChI is InChI=1S/C17H13BO/c1-11-6-8-12(9-7-11)10-15-16(18)13-4-2-3-5-14(13)17(15)19/h2-10,16H,1H3/b15-10+. The fourth-order valence-corrected chi connectivity index (χ4v) is 2.44. The van der Waals surface area contributed by atoms with Crippen LogP contribution in [0.2, 0.25) is 0 Å². The Morgan fingerprint density at radius 1 is 1.05 bits per heavy atom. The van der Waals surface area contributed by atoms with E-state index < -0.39 is 0 Å². The van der Waals surface area contributed by atoms with Gasteiger partial charge in [-0.15, -0.1) is 0 Å². The van der Waals surface area contributed by atoms with E-state index in [9.17, 15) is 4.79 Å². The molecule has 2 radical (unpaired) electrons. The quantitative estimate of drug-likeness (QED) is 0.554. The predicted octanol–water partition coefficient (Wildman–Crippen LogP) is 3.48. The van der Waals surface area contributed by atoms with Crippen molar-refractivity contribution in [3.05, 3.63) is 76.4 Å². The maximum Gasteiger partial charge on any atom is 0.189 e. The molecule has 1 nitrogen and oxygen atoms in total. The van der Waals surface area contributed by atoms with Gasteiger partial charge in [-0.25, -0.2) is 0 Å². The van der Waals surface area contributed by atoms with Crippen LogP contribution < -0.4 is 0 Å². The van der Waals surface area contributed by atoms with Crippen molar-refractivity contribution in [2.24, 2.45) is 0 Å². The molecule has 1 aliphatic carbocycles. The Morgan fingerprint density at radius 2 is 1.74 bits per heavy atom. The lowest BCUT2D eigenvalue weighted by Crippen LogP contribution is -1.99. The Balaban J connectivity index is 2.04. The molecule has 0 bridgehead atoms. The topological polar surface area (TPSA) is 17.1 Å². The molecule has 0 saturated heterocycles. The second-order valence-electron chi connectivity index (χ2n) is 4.90. The summed E-state index contributed by atoms with van der Waals surface area (Å²) >= 11 is 0. The summed E-state index contributed by atoms with van der Waals surface area (Å²) in [5.41, 5.74) is 4.54. The molecule has 0 saturated carbocycles. The third-order valence-electron chi connectivity index (χ3n) is 3.54. The van der Waals surface area contributed by atoms with Gasteiger partial charge in [0.05, 0.1) is 7.85 Å². The maximum atomic E-state index is 12.3. The van der Waals surface area contributed by atoms with Gasteiger partial charge >= 0.3 is 0 Å². The molecule has 2 aromatic rings. The molecular formula is C17H13BO. The zero-order valence-corrected chi connectivity index (χ0v) is 10.8. The molecule has 0 aliphatic heterocycles. The molecule has 2 aromatic carbocycles. The van der Waals surface area contributed by atoms with Gasteiger partial charge in [0.25, 0.3) is 0 Å². The summed E-state index contributed by atoms with van der Waals surface area (Å²) in [5.74, 6) is -0.270. The monoisotopic (exact) mass is 244 g/mol. The molecule has 0 heterocycles. The summed E-state index contributed by atoms with van der Waals surface area (Å²) in [6.45, 7) is 2.04. The number of rotatable bonds is 1. The predicted molar refractivity (Wildman–Crippen MR) is 78.4 cm³/mol. The van der Waals surface area contributed by atoms with E-state index in [1.54, 1.807) is 0 Å². The smallest absolute Gasteiger partial charge is 0.189 e. The molecule has 3 rings (SSSR count). The van der Waals surface area contributed by atoms with Crippen LogP contribution in [0.3, 0.4) is 0 Å². The van der Waals surface area contributed by atoms with Gasteiger partial charge in [-0.2, -0.15) is 0 Å². The average Bonchev–Trinajstić information content (AvgIpc) is 2.67. The molecule has 1 aliphatic rings. The molecule has 1 atom stereocenters. The first-order valence-electron chi connectivity index (χ1n) is 6.34. The zero-order valence-electron chi connectivity index (χ0n) is 10.8. The minimum absolute atomic E-state index is 0.0451. The molecule has 19 heavy (non-hydrogen) atoms. The zero-order chi connectivity index (χ0) is 13.4. The number of ketones is 1. The van der Waals surface area contributed by atoms with Crippen LogP contribution in [-0.2, 0) is 0 Å². The van der Waals surface area contributed by atoms with Crippen LogP contribution in [0.1, 0.15) is 32.9 Å². The van der Waals surface area contributed by atoms with E-state index in [-0.39, 0.29) is 11.6 Å². The van der Waals surface area contributed by atoms with Crippen LogP contribution in [0.4, 0.5) is 0 Å². The fourth-order valence-electron chi connectivity index (χ4n) is 2.44. The molecule has 90 valence electrons. The summed E-state index contributed by atoms with van der Waals surface area (Å²) in [7, 11) is 6.17. The number of hydrogen-bond donors (Lipinski definition) is 0. The molecule has 0 amide bonds. The van der Waals surface area contributed by atoms with Crippen molar-refractivity contribution in [1.29, 1.82) is 0 Å². The van der Waals surface area contributed by atoms with Crippen molar-refractivity contribution in [2.45, 2.75) is 12.7 Å². The average molecular weight is 244 g/mol. The summed E-state index contributed by atoms with van der Waals surface area (Å²) in [4.78, 5) is 12.3. The van der Waals surface area contributed by atoms with Crippen molar-refractivity contribution in [3.8, 4) is 0 Å². The number of Topliss-reactive ketones (excluding diaryl/α,β-unsaturated/α-hetero) is 1. The van der Waals surface area contributed by atoms with Crippen LogP contribution >= 0.6 is 0 Å². The van der Waals surface area contributed by atoms with E-state index >= 15 is 0 Å². The van der Waals surface area contributed by atoms with Gasteiger partial charge in [0.15, 0.2) is 5.78 Å². The normalized spacial score (nSPS) is 19.7. The molecule has 2 heteroatoms. The molecule has 0 fully saturated rings. The Hall–Kier alpha value is -2.09. The van der Waals surface area contributed by atoms with Crippen molar-refractivity contribution in [1.82, 2.24) is 0 Å². The number of aryl methyl sites for hydroxylation is 1. The van der Waals surface area contributed by atoms with Gasteiger partial charge < -0.3 is 0 Å². The first-order valence-corrected chi connectivity index (χ1v) is 6.34. The van der Waals surface area contributed by atoms with Gasteiger partial charge in [-0.1, -0.05) is 54.1 Å². The molecule has 1 unspecified atom stereocenters. The second kappa shape index (κ2) is 4.54. The third-order valence-corrected chi connectivity index (χ3v) is 3.54. The van der Waals surface area contributed by atoms with Crippen molar-refractivity contribution >= 4 is 19.7 Å². The van der Waals surface area contributed by atoms with E-state index in [0.717, 1.165) is 16.7 Å². The van der Waals surface area contributed by atoms with Gasteiger partial charge in [0, 0.05) is 5.56 Å². The van der Waals surface area contributed by atoms with Gasteiger partial charge in [-0.05, 0) is 35.5 Å². The van der Waals surface area contributed by atoms with E-state index in [4.69, 9.17) is 7.85 Å². The van der Waals surface area contributed by atoms with Crippen LogP contribution in [0.25, 0.3) is 6.08 Å². The fraction of sp³-hybridized carbons (Fsp3) is 0.118. The number of allylic oxidation sites excluding steroid dienone is 1. The molecular weight excluding hydrogens is 231 g/mol. The SMILES string of the molecule is [B]C1/C(=C\c2ccc(C)cc2)C(=O)c2ccccc21. The van der Waals surface area contributed by atoms with E-state index in [0.29, 0.717) is 5.57 Å². The summed E-state index contributed by atoms with van der Waals surface area (Å²) < 4.78 is 0. The van der Waals surface area contributed by atoms with Crippen LogP contribution in [0.15, 0.2) is 54.1 Å². The first-order chi connectivity index (χ1) is 9.16. The third kappa shape index (κ3) is 2.03. The summed E-state index contributed by atoms with van der Waals surface area (Å²) in [6, 6.07) is 15.6. The van der Waals surface area contributed by atoms with E-state index in [1.807, 2.05) is 61.5 Å². The van der Waals surface area contributed by atoms with Gasteiger partial charge in [0.1, 0.15) is 0 Å². The largest absolute Gasteiger partial charge is 0.289 e. The first kappa shape index (κ1) is 12.0. The van der Waals surface area contributed by atoms with Crippen LogP contribution in [0.5, 0.6) is 0 Å². The summed E-state index contributed by atoms with van der Waals surface area (Å²) in [5, 5.41) is 0. The number of hydrogen-bond acceptors (Lipinski definition) is 1. The number of benzene rings is 2. The lowest BCUT2D eigenvalue weighted by molar-refractivity contribution is 0.104. The minimum atomic E-state index is -0.315. The summed E-state index contributed by atoms with van der Waals surface area (Å²) in [6.07, 6.45) is 1.90. The highest BCUT2D eigenvalue weighted by molar-refractivity contribution is 6.28. The second-order valence-corrected chi connectivity index (χ2v) is 4.90. The molecule has 0 aromatic heterocycles. The lowest BCUT2D eigenvalue weighted by atomic mass is 9.79. The minimum Gasteiger partial charge on any atom is -0.289 e. The van der Waals surface area contributed by atoms with Crippen LogP contribution in [0, 0.1) is 6.92 Å². The van der Waals surface area contributed by atoms with Crippen molar-refractivity contribution in [3.63, 3.8) is 0 Å². The Morgan fingerprint density at radius 3 is 2.42 bits per heavy atom. The Labute approximate surface area is 114 Å². The van der Waals surface area contributed by atoms with E-state index in [1.165, 1.54) is 5.56 Å². The highest BCUT2D eigenvalue weighted by Crippen LogP contribution is 2.36. The number of carbonyl (C=O) groups excluding carboxylic acids is 1. The molecule has 0 spiro atoms. The highest BCUT2D eigenvalue weighted by atomic mass is 16.1. The maximum absolute atomic E-state index is 12.3. The lowest BCUT2D eigenvalue weighted by Gasteiger charge is -2.05. The molecule has 0 N–H and O–H groups in total. The number of carbonyl (C=O) groups is 1. The van der Waals surface area contributed by atoms with Crippen molar-refractivity contribution in [2.75, 3.05) is 0 Å². The highest BCUT2D eigenvalue weighted by Gasteiger charge is 2.30.